The number of nitrogens with one attached hydrogen (secondary N) is 1. The smallest absolute Gasteiger partial charge is 0.271 e. The van der Waals surface area contributed by atoms with Gasteiger partial charge in [0.2, 0.25) is 0 Å². The second-order valence-corrected chi connectivity index (χ2v) is 8.31. The van der Waals surface area contributed by atoms with Gasteiger partial charge in [-0.1, -0.05) is 66.7 Å². The Kier molecular flexibility index (Phi) is 6.26. The van der Waals surface area contributed by atoms with Crippen LogP contribution in [0.4, 0.5) is 0 Å². The maximum atomic E-state index is 12.9. The lowest BCUT2D eigenvalue weighted by atomic mass is 10.0. The summed E-state index contributed by atoms with van der Waals surface area (Å²) in [6.45, 7) is 3.09. The van der Waals surface area contributed by atoms with Crippen LogP contribution in [0.15, 0.2) is 91.4 Å². The predicted molar refractivity (Wildman–Crippen MR) is 128 cm³/mol. The van der Waals surface area contributed by atoms with Crippen molar-refractivity contribution >= 4 is 5.91 Å². The summed E-state index contributed by atoms with van der Waals surface area (Å²) in [4.78, 5) is 24.4. The number of imidazole rings is 1. The number of nitrogens with zero attached hydrogens (tertiary/aromatic N) is 4. The molecular weight excluding hydrogens is 410 g/mol. The van der Waals surface area contributed by atoms with E-state index < -0.39 is 0 Å². The molecule has 0 radical (unpaired) electrons. The van der Waals surface area contributed by atoms with E-state index in [1.807, 2.05) is 54.9 Å². The SMILES string of the molecule is O=C(NCc1ccccc1)c1cn2c(n1)C(c1ccccc1)N(CCc1cccnc1)CC2. The summed E-state index contributed by atoms with van der Waals surface area (Å²) in [6, 6.07) is 24.5. The zero-order valence-corrected chi connectivity index (χ0v) is 18.5. The second-order valence-electron chi connectivity index (χ2n) is 8.31. The van der Waals surface area contributed by atoms with Crippen molar-refractivity contribution in [1.82, 2.24) is 24.8 Å². The first-order valence-corrected chi connectivity index (χ1v) is 11.3. The topological polar surface area (TPSA) is 63.1 Å². The van der Waals surface area contributed by atoms with Crippen molar-refractivity contribution in [3.05, 3.63) is 120 Å². The van der Waals surface area contributed by atoms with E-state index in [1.165, 1.54) is 11.1 Å². The summed E-state index contributed by atoms with van der Waals surface area (Å²) in [6.07, 6.45) is 6.54. The number of hydrogen-bond acceptors (Lipinski definition) is 4. The van der Waals surface area contributed by atoms with E-state index in [9.17, 15) is 4.79 Å². The van der Waals surface area contributed by atoms with E-state index in [2.05, 4.69) is 50.1 Å². The third-order valence-corrected chi connectivity index (χ3v) is 6.10. The number of rotatable bonds is 7. The van der Waals surface area contributed by atoms with Gasteiger partial charge in [0.15, 0.2) is 0 Å². The minimum atomic E-state index is -0.144. The Hall–Kier alpha value is -3.77. The first-order valence-electron chi connectivity index (χ1n) is 11.3. The summed E-state index contributed by atoms with van der Waals surface area (Å²) in [5, 5.41) is 3.00. The van der Waals surface area contributed by atoms with Crippen LogP contribution in [-0.4, -0.2) is 38.4 Å². The number of pyridine rings is 1. The van der Waals surface area contributed by atoms with Crippen molar-refractivity contribution in [2.45, 2.75) is 25.6 Å². The number of aromatic nitrogens is 3. The third-order valence-electron chi connectivity index (χ3n) is 6.10. The molecule has 0 saturated carbocycles. The van der Waals surface area contributed by atoms with E-state index in [0.717, 1.165) is 37.4 Å². The Morgan fingerprint density at radius 2 is 1.70 bits per heavy atom. The van der Waals surface area contributed by atoms with Gasteiger partial charge in [0.25, 0.3) is 5.91 Å². The van der Waals surface area contributed by atoms with Gasteiger partial charge in [-0.15, -0.1) is 0 Å². The fourth-order valence-electron chi connectivity index (χ4n) is 4.39. The van der Waals surface area contributed by atoms with E-state index in [4.69, 9.17) is 4.98 Å². The molecule has 1 atom stereocenters. The van der Waals surface area contributed by atoms with Crippen molar-refractivity contribution in [3.8, 4) is 0 Å². The maximum Gasteiger partial charge on any atom is 0.271 e. The van der Waals surface area contributed by atoms with Crippen molar-refractivity contribution in [3.63, 3.8) is 0 Å². The number of carbonyl (C=O) groups excluding carboxylic acids is 1. The number of amides is 1. The Bertz CT molecular complexity index is 1190. The van der Waals surface area contributed by atoms with Crippen LogP contribution in [0.2, 0.25) is 0 Å². The average Bonchev–Trinajstić information content (AvgIpc) is 3.32. The maximum absolute atomic E-state index is 12.9. The monoisotopic (exact) mass is 437 g/mol. The predicted octanol–water partition coefficient (Wildman–Crippen LogP) is 3.86. The molecule has 2 aromatic heterocycles. The van der Waals surface area contributed by atoms with Crippen LogP contribution in [-0.2, 0) is 19.5 Å². The molecule has 0 spiro atoms. The van der Waals surface area contributed by atoms with Crippen LogP contribution in [0.25, 0.3) is 0 Å². The van der Waals surface area contributed by atoms with Gasteiger partial charge in [0, 0.05) is 44.8 Å². The second kappa shape index (κ2) is 9.79. The van der Waals surface area contributed by atoms with Gasteiger partial charge in [-0.05, 0) is 29.2 Å². The van der Waals surface area contributed by atoms with Crippen LogP contribution in [0.1, 0.15) is 39.0 Å². The highest BCUT2D eigenvalue weighted by molar-refractivity contribution is 5.92. The molecule has 1 aliphatic heterocycles. The zero-order chi connectivity index (χ0) is 22.5. The summed E-state index contributed by atoms with van der Waals surface area (Å²) >= 11 is 0. The first-order chi connectivity index (χ1) is 16.3. The molecule has 2 aromatic carbocycles. The van der Waals surface area contributed by atoms with Gasteiger partial charge in [-0.25, -0.2) is 4.98 Å². The Morgan fingerprint density at radius 1 is 0.939 bits per heavy atom. The van der Waals surface area contributed by atoms with Crippen molar-refractivity contribution in [2.24, 2.45) is 0 Å². The van der Waals surface area contributed by atoms with Crippen LogP contribution < -0.4 is 5.32 Å². The van der Waals surface area contributed by atoms with E-state index >= 15 is 0 Å². The molecule has 1 N–H and O–H groups in total. The average molecular weight is 438 g/mol. The molecule has 6 nitrogen and oxygen atoms in total. The Morgan fingerprint density at radius 3 is 2.45 bits per heavy atom. The summed E-state index contributed by atoms with van der Waals surface area (Å²) in [7, 11) is 0. The lowest BCUT2D eigenvalue weighted by Crippen LogP contribution is -2.40. The lowest BCUT2D eigenvalue weighted by molar-refractivity contribution is 0.0946. The first kappa shape index (κ1) is 21.1. The highest BCUT2D eigenvalue weighted by atomic mass is 16.1. The minimum absolute atomic E-state index is 0.00675. The molecule has 3 heterocycles. The fraction of sp³-hybridized carbons (Fsp3) is 0.222. The molecule has 6 heteroatoms. The van der Waals surface area contributed by atoms with Crippen LogP contribution in [0.5, 0.6) is 0 Å². The molecule has 1 amide bonds. The molecule has 5 rings (SSSR count). The van der Waals surface area contributed by atoms with Crippen LogP contribution >= 0.6 is 0 Å². The number of benzene rings is 2. The fourth-order valence-corrected chi connectivity index (χ4v) is 4.39. The third kappa shape index (κ3) is 4.86. The molecule has 4 aromatic rings. The molecule has 0 bridgehead atoms. The standard InChI is InChI=1S/C27H27N5O/c33-27(29-19-21-8-3-1-4-9-21)24-20-32-17-16-31(15-13-22-10-7-14-28-18-22)25(26(32)30-24)23-11-5-2-6-12-23/h1-12,14,18,20,25H,13,15-17,19H2,(H,29,33). The van der Waals surface area contributed by atoms with Crippen molar-refractivity contribution < 1.29 is 4.79 Å². The highest BCUT2D eigenvalue weighted by Gasteiger charge is 2.31. The van der Waals surface area contributed by atoms with E-state index in [-0.39, 0.29) is 11.9 Å². The summed E-state index contributed by atoms with van der Waals surface area (Å²) < 4.78 is 2.13. The molecular formula is C27H27N5O. The largest absolute Gasteiger partial charge is 0.347 e. The molecule has 33 heavy (non-hydrogen) atoms. The quantitative estimate of drug-likeness (QED) is 0.477. The number of carbonyl (C=O) groups is 1. The van der Waals surface area contributed by atoms with Gasteiger partial charge in [0.1, 0.15) is 11.5 Å². The molecule has 0 aliphatic carbocycles. The van der Waals surface area contributed by atoms with Crippen LogP contribution in [0.3, 0.4) is 0 Å². The normalized spacial score (nSPS) is 15.7. The van der Waals surface area contributed by atoms with Gasteiger partial charge >= 0.3 is 0 Å². The number of hydrogen-bond donors (Lipinski definition) is 1. The minimum Gasteiger partial charge on any atom is -0.347 e. The molecule has 1 unspecified atom stereocenters. The summed E-state index contributed by atoms with van der Waals surface area (Å²) in [5.41, 5.74) is 3.94. The van der Waals surface area contributed by atoms with E-state index in [0.29, 0.717) is 12.2 Å². The zero-order valence-electron chi connectivity index (χ0n) is 18.5. The Labute approximate surface area is 193 Å². The molecule has 0 saturated heterocycles. The van der Waals surface area contributed by atoms with Crippen molar-refractivity contribution in [2.75, 3.05) is 13.1 Å². The summed E-state index contributed by atoms with van der Waals surface area (Å²) in [5.74, 6) is 0.776. The van der Waals surface area contributed by atoms with Gasteiger partial charge in [0.05, 0.1) is 6.04 Å². The van der Waals surface area contributed by atoms with Crippen molar-refractivity contribution in [1.29, 1.82) is 0 Å². The van der Waals surface area contributed by atoms with Crippen LogP contribution in [0, 0.1) is 0 Å². The Balaban J connectivity index is 1.37. The van der Waals surface area contributed by atoms with Gasteiger partial charge in [-0.3, -0.25) is 14.7 Å². The number of fused-ring (bicyclic) bond motifs is 1. The lowest BCUT2D eigenvalue weighted by Gasteiger charge is -2.36. The van der Waals surface area contributed by atoms with Gasteiger partial charge in [-0.2, -0.15) is 0 Å². The van der Waals surface area contributed by atoms with Gasteiger partial charge < -0.3 is 9.88 Å². The molecule has 0 fully saturated rings. The molecule has 166 valence electrons. The molecule has 1 aliphatic rings. The highest BCUT2D eigenvalue weighted by Crippen LogP contribution is 2.31. The van der Waals surface area contributed by atoms with E-state index in [1.54, 1.807) is 6.20 Å².